The largest absolute Gasteiger partial charge is 0.356 e. The molecule has 2 heterocycles. The van der Waals surface area contributed by atoms with Gasteiger partial charge >= 0.3 is 0 Å². The highest BCUT2D eigenvalue weighted by Gasteiger charge is 2.21. The van der Waals surface area contributed by atoms with Crippen LogP contribution in [0.3, 0.4) is 0 Å². The van der Waals surface area contributed by atoms with Crippen LogP contribution in [0.1, 0.15) is 48.2 Å². The Morgan fingerprint density at radius 1 is 0.974 bits per heavy atom. The highest BCUT2D eigenvalue weighted by Crippen LogP contribution is 2.25. The van der Waals surface area contributed by atoms with E-state index in [0.717, 1.165) is 75.6 Å². The van der Waals surface area contributed by atoms with Gasteiger partial charge in [0.2, 0.25) is 0 Å². The molecule has 3 aromatic rings. The first kappa shape index (κ1) is 29.1. The van der Waals surface area contributed by atoms with Crippen molar-refractivity contribution in [1.82, 2.24) is 19.8 Å². The Morgan fingerprint density at radius 3 is 2.33 bits per heavy atom. The number of anilines is 1. The van der Waals surface area contributed by atoms with Gasteiger partial charge in [0, 0.05) is 63.2 Å². The van der Waals surface area contributed by atoms with Crippen molar-refractivity contribution in [2.75, 3.05) is 50.7 Å². The van der Waals surface area contributed by atoms with Gasteiger partial charge < -0.3 is 9.80 Å². The zero-order valence-electron chi connectivity index (χ0n) is 22.9. The number of carbonyl (C=O) groups is 1. The van der Waals surface area contributed by atoms with E-state index in [1.54, 1.807) is 11.8 Å². The molecule has 0 atom stereocenters. The monoisotopic (exact) mass is 563 g/mol. The van der Waals surface area contributed by atoms with E-state index in [1.165, 1.54) is 5.56 Å². The van der Waals surface area contributed by atoms with Gasteiger partial charge in [-0.2, -0.15) is 0 Å². The molecule has 4 rings (SSSR count). The normalized spacial score (nSPS) is 14.2. The Bertz CT molecular complexity index is 1210. The summed E-state index contributed by atoms with van der Waals surface area (Å²) in [6.45, 7) is 10.4. The van der Waals surface area contributed by atoms with Crippen LogP contribution in [-0.4, -0.2) is 71.5 Å². The standard InChI is InChI=1S/C31H38ClN5OS/c1-3-16-36(17-4-2)29-23-28(32)33-31(34-29)39-24-26-12-14-27(15-13-26)30(38)37-21-19-35(20-22-37)18-8-11-25-9-6-5-7-10-25/h5-15,23H,3-4,16-22,24H2,1-2H3. The minimum absolute atomic E-state index is 0.100. The minimum atomic E-state index is 0.100. The molecule has 1 amide bonds. The summed E-state index contributed by atoms with van der Waals surface area (Å²) >= 11 is 7.89. The van der Waals surface area contributed by atoms with Gasteiger partial charge in [0.05, 0.1) is 0 Å². The van der Waals surface area contributed by atoms with E-state index in [0.29, 0.717) is 16.1 Å². The molecule has 1 aromatic heterocycles. The lowest BCUT2D eigenvalue weighted by Crippen LogP contribution is -2.48. The summed E-state index contributed by atoms with van der Waals surface area (Å²) < 4.78 is 0. The van der Waals surface area contributed by atoms with Crippen molar-refractivity contribution < 1.29 is 4.79 Å². The summed E-state index contributed by atoms with van der Waals surface area (Å²) in [4.78, 5) is 28.9. The lowest BCUT2D eigenvalue weighted by molar-refractivity contribution is 0.0650. The van der Waals surface area contributed by atoms with Gasteiger partial charge in [-0.25, -0.2) is 9.97 Å². The summed E-state index contributed by atoms with van der Waals surface area (Å²) in [5, 5.41) is 1.14. The molecular formula is C31H38ClN5OS. The number of amides is 1. The zero-order chi connectivity index (χ0) is 27.5. The maximum Gasteiger partial charge on any atom is 0.253 e. The second kappa shape index (κ2) is 15.1. The van der Waals surface area contributed by atoms with Crippen LogP contribution in [-0.2, 0) is 5.75 Å². The molecule has 0 spiro atoms. The van der Waals surface area contributed by atoms with Crippen LogP contribution in [0.5, 0.6) is 0 Å². The second-order valence-electron chi connectivity index (χ2n) is 9.71. The number of benzene rings is 2. The molecule has 1 aliphatic rings. The number of hydrogen-bond donors (Lipinski definition) is 0. The van der Waals surface area contributed by atoms with Gasteiger partial charge in [0.1, 0.15) is 11.0 Å². The number of carbonyl (C=O) groups excluding carboxylic acids is 1. The number of aromatic nitrogens is 2. The predicted molar refractivity (Wildman–Crippen MR) is 164 cm³/mol. The van der Waals surface area contributed by atoms with Crippen LogP contribution >= 0.6 is 23.4 Å². The molecule has 0 bridgehead atoms. The summed E-state index contributed by atoms with van der Waals surface area (Å²) in [7, 11) is 0. The molecule has 0 aliphatic carbocycles. The Balaban J connectivity index is 1.26. The number of halogens is 1. The summed E-state index contributed by atoms with van der Waals surface area (Å²) in [6, 6.07) is 20.1. The summed E-state index contributed by atoms with van der Waals surface area (Å²) in [5.41, 5.74) is 3.07. The van der Waals surface area contributed by atoms with Crippen LogP contribution < -0.4 is 4.90 Å². The number of hydrogen-bond acceptors (Lipinski definition) is 6. The van der Waals surface area contributed by atoms with E-state index in [-0.39, 0.29) is 5.91 Å². The molecule has 6 nitrogen and oxygen atoms in total. The molecule has 0 radical (unpaired) electrons. The highest BCUT2D eigenvalue weighted by molar-refractivity contribution is 7.98. The molecule has 2 aromatic carbocycles. The zero-order valence-corrected chi connectivity index (χ0v) is 24.5. The van der Waals surface area contributed by atoms with Crippen molar-refractivity contribution in [3.05, 3.63) is 88.6 Å². The molecule has 0 saturated carbocycles. The Kier molecular flexibility index (Phi) is 11.2. The molecule has 39 heavy (non-hydrogen) atoms. The topological polar surface area (TPSA) is 52.6 Å². The SMILES string of the molecule is CCCN(CCC)c1cc(Cl)nc(SCc2ccc(C(=O)N3CCN(CC=Cc4ccccc4)CC3)cc2)n1. The molecule has 0 unspecified atom stereocenters. The lowest BCUT2D eigenvalue weighted by Gasteiger charge is -2.34. The van der Waals surface area contributed by atoms with Crippen molar-refractivity contribution in [3.63, 3.8) is 0 Å². The van der Waals surface area contributed by atoms with Crippen LogP contribution in [0.25, 0.3) is 6.08 Å². The highest BCUT2D eigenvalue weighted by atomic mass is 35.5. The van der Waals surface area contributed by atoms with Crippen molar-refractivity contribution in [3.8, 4) is 0 Å². The second-order valence-corrected chi connectivity index (χ2v) is 11.0. The molecule has 8 heteroatoms. The van der Waals surface area contributed by atoms with E-state index < -0.39 is 0 Å². The molecule has 0 N–H and O–H groups in total. The van der Waals surface area contributed by atoms with Crippen molar-refractivity contribution in [2.24, 2.45) is 0 Å². The number of piperazine rings is 1. The lowest BCUT2D eigenvalue weighted by atomic mass is 10.1. The van der Waals surface area contributed by atoms with Gasteiger partial charge in [0.25, 0.3) is 5.91 Å². The van der Waals surface area contributed by atoms with Crippen molar-refractivity contribution in [1.29, 1.82) is 0 Å². The summed E-state index contributed by atoms with van der Waals surface area (Å²) in [5.74, 6) is 1.70. The fraction of sp³-hybridized carbons (Fsp3) is 0.387. The van der Waals surface area contributed by atoms with E-state index in [1.807, 2.05) is 53.4 Å². The van der Waals surface area contributed by atoms with Crippen LogP contribution in [0.2, 0.25) is 5.15 Å². The smallest absolute Gasteiger partial charge is 0.253 e. The van der Waals surface area contributed by atoms with Gasteiger partial charge in [-0.1, -0.05) is 91.8 Å². The maximum atomic E-state index is 13.1. The third-order valence-corrected chi connectivity index (χ3v) is 7.79. The minimum Gasteiger partial charge on any atom is -0.356 e. The Morgan fingerprint density at radius 2 is 1.67 bits per heavy atom. The first-order chi connectivity index (χ1) is 19.1. The van der Waals surface area contributed by atoms with Crippen LogP contribution in [0.15, 0.2) is 71.9 Å². The maximum absolute atomic E-state index is 13.1. The third-order valence-electron chi connectivity index (χ3n) is 6.67. The van der Waals surface area contributed by atoms with E-state index in [2.05, 4.69) is 52.9 Å². The number of nitrogens with zero attached hydrogens (tertiary/aromatic N) is 5. The van der Waals surface area contributed by atoms with E-state index in [9.17, 15) is 4.79 Å². The average Bonchev–Trinajstić information content (AvgIpc) is 2.96. The van der Waals surface area contributed by atoms with Crippen LogP contribution in [0, 0.1) is 0 Å². The predicted octanol–water partition coefficient (Wildman–Crippen LogP) is 6.52. The number of rotatable bonds is 12. The van der Waals surface area contributed by atoms with Crippen molar-refractivity contribution >= 4 is 41.2 Å². The van der Waals surface area contributed by atoms with Crippen molar-refractivity contribution in [2.45, 2.75) is 37.6 Å². The van der Waals surface area contributed by atoms with Gasteiger partial charge in [-0.3, -0.25) is 9.69 Å². The Labute approximate surface area is 242 Å². The first-order valence-electron chi connectivity index (χ1n) is 13.8. The fourth-order valence-electron chi connectivity index (χ4n) is 4.60. The van der Waals surface area contributed by atoms with Crippen LogP contribution in [0.4, 0.5) is 5.82 Å². The molecule has 1 saturated heterocycles. The molecule has 206 valence electrons. The van der Waals surface area contributed by atoms with Gasteiger partial charge in [-0.05, 0) is 36.1 Å². The van der Waals surface area contributed by atoms with E-state index in [4.69, 9.17) is 16.6 Å². The van der Waals surface area contributed by atoms with Gasteiger partial charge in [0.15, 0.2) is 5.16 Å². The van der Waals surface area contributed by atoms with Gasteiger partial charge in [-0.15, -0.1) is 0 Å². The first-order valence-corrected chi connectivity index (χ1v) is 15.2. The average molecular weight is 564 g/mol. The van der Waals surface area contributed by atoms with E-state index >= 15 is 0 Å². The third kappa shape index (κ3) is 8.82. The number of thioether (sulfide) groups is 1. The summed E-state index contributed by atoms with van der Waals surface area (Å²) in [6.07, 6.45) is 6.46. The molecule has 1 fully saturated rings. The molecular weight excluding hydrogens is 526 g/mol. The quantitative estimate of drug-likeness (QED) is 0.142. The fourth-order valence-corrected chi connectivity index (χ4v) is 5.64. The molecule has 1 aliphatic heterocycles. The Hall–Kier alpha value is -2.87.